The number of nitrogens with zero attached hydrogens (tertiary/aromatic N) is 2. The first kappa shape index (κ1) is 13.3. The van der Waals surface area contributed by atoms with E-state index in [2.05, 4.69) is 20.9 Å². The molecule has 0 aliphatic rings. The summed E-state index contributed by atoms with van der Waals surface area (Å²) >= 11 is 3.19. The van der Waals surface area contributed by atoms with Gasteiger partial charge in [-0.15, -0.1) is 0 Å². The van der Waals surface area contributed by atoms with Gasteiger partial charge in [0.05, 0.1) is 10.2 Å². The van der Waals surface area contributed by atoms with Crippen LogP contribution in [0, 0.1) is 17.1 Å². The van der Waals surface area contributed by atoms with Crippen molar-refractivity contribution in [3.63, 3.8) is 0 Å². The van der Waals surface area contributed by atoms with Gasteiger partial charge >= 0.3 is 0 Å². The zero-order valence-electron chi connectivity index (χ0n) is 9.73. The molecule has 2 N–H and O–H groups in total. The highest BCUT2D eigenvalue weighted by atomic mass is 79.9. The van der Waals surface area contributed by atoms with E-state index >= 15 is 0 Å². The monoisotopic (exact) mass is 321 g/mol. The lowest BCUT2D eigenvalue weighted by Crippen LogP contribution is -2.01. The quantitative estimate of drug-likeness (QED) is 0.882. The van der Waals surface area contributed by atoms with Crippen LogP contribution in [0.5, 0.6) is 5.75 Å². The maximum absolute atomic E-state index is 13.1. The molecule has 0 spiro atoms. The predicted octanol–water partition coefficient (Wildman–Crippen LogP) is 3.02. The largest absolute Gasteiger partial charge is 0.486 e. The van der Waals surface area contributed by atoms with Crippen LogP contribution in [-0.2, 0) is 6.61 Å². The van der Waals surface area contributed by atoms with Gasteiger partial charge in [-0.2, -0.15) is 5.26 Å². The van der Waals surface area contributed by atoms with E-state index in [1.807, 2.05) is 6.07 Å². The van der Waals surface area contributed by atoms with Crippen LogP contribution in [0.1, 0.15) is 11.3 Å². The van der Waals surface area contributed by atoms with Crippen molar-refractivity contribution in [2.45, 2.75) is 6.61 Å². The zero-order chi connectivity index (χ0) is 13.8. The summed E-state index contributed by atoms with van der Waals surface area (Å²) in [5, 5.41) is 8.74. The number of nitrogens with two attached hydrogens (primary N) is 1. The summed E-state index contributed by atoms with van der Waals surface area (Å²) in [5.41, 5.74) is 6.98. The van der Waals surface area contributed by atoms with Crippen LogP contribution in [-0.4, -0.2) is 4.98 Å². The number of aromatic nitrogens is 1. The molecule has 1 aromatic carbocycles. The van der Waals surface area contributed by atoms with E-state index in [1.54, 1.807) is 12.1 Å². The Morgan fingerprint density at radius 1 is 1.42 bits per heavy atom. The highest BCUT2D eigenvalue weighted by Crippen LogP contribution is 2.32. The Labute approximate surface area is 117 Å². The summed E-state index contributed by atoms with van der Waals surface area (Å²) in [6.07, 6.45) is 1.53. The fourth-order valence-electron chi connectivity index (χ4n) is 1.51. The van der Waals surface area contributed by atoms with Crippen molar-refractivity contribution in [2.75, 3.05) is 5.73 Å². The van der Waals surface area contributed by atoms with E-state index in [1.165, 1.54) is 18.3 Å². The van der Waals surface area contributed by atoms with Crippen molar-refractivity contribution in [3.8, 4) is 11.8 Å². The maximum atomic E-state index is 13.1. The number of benzene rings is 1. The minimum atomic E-state index is -0.438. The van der Waals surface area contributed by atoms with Crippen LogP contribution in [0.2, 0.25) is 0 Å². The van der Waals surface area contributed by atoms with Crippen LogP contribution in [0.4, 0.5) is 10.1 Å². The minimum Gasteiger partial charge on any atom is -0.486 e. The second kappa shape index (κ2) is 5.67. The third-order valence-corrected chi connectivity index (χ3v) is 2.95. The lowest BCUT2D eigenvalue weighted by Gasteiger charge is -2.11. The van der Waals surface area contributed by atoms with Gasteiger partial charge < -0.3 is 10.5 Å². The second-order valence-electron chi connectivity index (χ2n) is 3.76. The van der Waals surface area contributed by atoms with E-state index in [4.69, 9.17) is 15.7 Å². The van der Waals surface area contributed by atoms with Crippen molar-refractivity contribution in [2.24, 2.45) is 0 Å². The van der Waals surface area contributed by atoms with Crippen molar-refractivity contribution < 1.29 is 9.13 Å². The van der Waals surface area contributed by atoms with Gasteiger partial charge in [-0.05, 0) is 39.7 Å². The van der Waals surface area contributed by atoms with Gasteiger partial charge in [-0.1, -0.05) is 0 Å². The number of pyridine rings is 1. The van der Waals surface area contributed by atoms with Gasteiger partial charge in [-0.25, -0.2) is 9.37 Å². The predicted molar refractivity (Wildman–Crippen MR) is 71.8 cm³/mol. The minimum absolute atomic E-state index is 0.210. The fraction of sp³-hybridized carbons (Fsp3) is 0.0769. The Hall–Kier alpha value is -2.13. The van der Waals surface area contributed by atoms with Gasteiger partial charge in [-0.3, -0.25) is 0 Å². The van der Waals surface area contributed by atoms with Crippen LogP contribution in [0.15, 0.2) is 34.9 Å². The summed E-state index contributed by atoms with van der Waals surface area (Å²) in [6, 6.07) is 7.76. The second-order valence-corrected chi connectivity index (χ2v) is 4.61. The molecule has 0 aliphatic heterocycles. The molecule has 2 aromatic rings. The molecule has 4 nitrogen and oxygen atoms in total. The van der Waals surface area contributed by atoms with E-state index in [0.717, 1.165) is 5.56 Å². The Morgan fingerprint density at radius 2 is 2.21 bits per heavy atom. The van der Waals surface area contributed by atoms with Crippen molar-refractivity contribution in [1.82, 2.24) is 4.98 Å². The summed E-state index contributed by atoms with van der Waals surface area (Å²) in [7, 11) is 0. The molecule has 0 radical (unpaired) electrons. The summed E-state index contributed by atoms with van der Waals surface area (Å²) in [5.74, 6) is -0.0656. The standard InChI is InChI=1S/C13H9BrFN3O/c14-11-4-9(15)5-12(17)13(11)19-7-8-1-2-18-10(3-8)6-16/h1-5H,7,17H2. The molecule has 0 saturated heterocycles. The first-order chi connectivity index (χ1) is 9.10. The number of nitriles is 1. The number of halogens is 2. The molecule has 0 saturated carbocycles. The Morgan fingerprint density at radius 3 is 2.89 bits per heavy atom. The lowest BCUT2D eigenvalue weighted by molar-refractivity contribution is 0.305. The van der Waals surface area contributed by atoms with Crippen molar-refractivity contribution >= 4 is 21.6 Å². The smallest absolute Gasteiger partial charge is 0.157 e. The number of anilines is 1. The molecule has 0 fully saturated rings. The maximum Gasteiger partial charge on any atom is 0.157 e. The van der Waals surface area contributed by atoms with E-state index < -0.39 is 5.82 Å². The Kier molecular flexibility index (Phi) is 3.97. The first-order valence-corrected chi connectivity index (χ1v) is 6.12. The van der Waals surface area contributed by atoms with Crippen LogP contribution >= 0.6 is 15.9 Å². The number of nitrogen functional groups attached to an aromatic ring is 1. The molecule has 0 bridgehead atoms. The number of rotatable bonds is 3. The van der Waals surface area contributed by atoms with Crippen molar-refractivity contribution in [1.29, 1.82) is 5.26 Å². The molecule has 1 aromatic heterocycles. The van der Waals surface area contributed by atoms with Gasteiger partial charge in [0.25, 0.3) is 0 Å². The topological polar surface area (TPSA) is 71.9 Å². The van der Waals surface area contributed by atoms with Crippen LogP contribution in [0.3, 0.4) is 0 Å². The highest BCUT2D eigenvalue weighted by Gasteiger charge is 2.09. The third kappa shape index (κ3) is 3.20. The van der Waals surface area contributed by atoms with E-state index in [-0.39, 0.29) is 12.3 Å². The molecule has 2 rings (SSSR count). The molecular weight excluding hydrogens is 313 g/mol. The SMILES string of the molecule is N#Cc1cc(COc2c(N)cc(F)cc2Br)ccn1. The molecule has 0 atom stereocenters. The average molecular weight is 322 g/mol. The van der Waals surface area contributed by atoms with Crippen LogP contribution < -0.4 is 10.5 Å². The molecular formula is C13H9BrFN3O. The molecule has 19 heavy (non-hydrogen) atoms. The zero-order valence-corrected chi connectivity index (χ0v) is 11.3. The number of hydrogen-bond acceptors (Lipinski definition) is 4. The molecule has 0 aliphatic carbocycles. The average Bonchev–Trinajstić information content (AvgIpc) is 2.37. The molecule has 96 valence electrons. The Bertz CT molecular complexity index is 632. The molecule has 0 unspecified atom stereocenters. The van der Waals surface area contributed by atoms with Crippen molar-refractivity contribution in [3.05, 3.63) is 52.0 Å². The lowest BCUT2D eigenvalue weighted by atomic mass is 10.2. The Balaban J connectivity index is 2.17. The van der Waals surface area contributed by atoms with Gasteiger partial charge in [0.1, 0.15) is 24.2 Å². The number of ether oxygens (including phenoxy) is 1. The van der Waals surface area contributed by atoms with Gasteiger partial charge in [0.2, 0.25) is 0 Å². The highest BCUT2D eigenvalue weighted by molar-refractivity contribution is 9.10. The summed E-state index contributed by atoms with van der Waals surface area (Å²) in [6.45, 7) is 0.214. The normalized spacial score (nSPS) is 9.95. The van der Waals surface area contributed by atoms with Gasteiger partial charge in [0.15, 0.2) is 5.75 Å². The molecule has 1 heterocycles. The molecule has 6 heteroatoms. The van der Waals surface area contributed by atoms with Gasteiger partial charge in [0, 0.05) is 12.3 Å². The van der Waals surface area contributed by atoms with E-state index in [0.29, 0.717) is 15.9 Å². The van der Waals surface area contributed by atoms with E-state index in [9.17, 15) is 4.39 Å². The molecule has 0 amide bonds. The fourth-order valence-corrected chi connectivity index (χ4v) is 2.08. The van der Waals surface area contributed by atoms with Crippen LogP contribution in [0.25, 0.3) is 0 Å². The first-order valence-electron chi connectivity index (χ1n) is 5.32. The summed E-state index contributed by atoms with van der Waals surface area (Å²) < 4.78 is 19.0. The number of hydrogen-bond donors (Lipinski definition) is 1. The third-order valence-electron chi connectivity index (χ3n) is 2.36. The summed E-state index contributed by atoms with van der Waals surface area (Å²) in [4.78, 5) is 3.86.